The summed E-state index contributed by atoms with van der Waals surface area (Å²) in [5.41, 5.74) is 4.17. The summed E-state index contributed by atoms with van der Waals surface area (Å²) in [6.45, 7) is 0.752. The van der Waals surface area contributed by atoms with Gasteiger partial charge in [0.1, 0.15) is 5.82 Å². The van der Waals surface area contributed by atoms with Crippen molar-refractivity contribution >= 4 is 18.2 Å². The van der Waals surface area contributed by atoms with Crippen molar-refractivity contribution in [3.63, 3.8) is 0 Å². The van der Waals surface area contributed by atoms with Crippen molar-refractivity contribution in [2.24, 2.45) is 0 Å². The van der Waals surface area contributed by atoms with E-state index < -0.39 is 0 Å². The van der Waals surface area contributed by atoms with Gasteiger partial charge in [-0.05, 0) is 42.2 Å². The topological polar surface area (TPSA) is 66.5 Å². The maximum absolute atomic E-state index is 8.93. The van der Waals surface area contributed by atoms with Crippen molar-refractivity contribution in [1.82, 2.24) is 14.5 Å². The molecule has 2 heterocycles. The van der Waals surface area contributed by atoms with Crippen LogP contribution in [0.3, 0.4) is 0 Å². The Morgan fingerprint density at radius 3 is 2.45 bits per heavy atom. The molecule has 1 aliphatic carbocycles. The molecule has 150 valence electrons. The third-order valence-electron chi connectivity index (χ3n) is 5.40. The normalized spacial score (nSPS) is 14.0. The Morgan fingerprint density at radius 2 is 1.76 bits per heavy atom. The van der Waals surface area contributed by atoms with E-state index in [1.54, 1.807) is 0 Å². The number of hydrogen-bond acceptors (Lipinski definition) is 4. The fraction of sp³-hybridized carbons (Fsp3) is 0.348. The molecule has 0 aliphatic heterocycles. The molecule has 1 aliphatic rings. The van der Waals surface area contributed by atoms with Gasteiger partial charge in [0.2, 0.25) is 0 Å². The number of anilines is 1. The average molecular weight is 408 g/mol. The molecule has 5 nitrogen and oxygen atoms in total. The summed E-state index contributed by atoms with van der Waals surface area (Å²) >= 11 is 0. The number of nitriles is 1. The zero-order chi connectivity index (χ0) is 19.2. The van der Waals surface area contributed by atoms with E-state index in [-0.39, 0.29) is 12.4 Å². The number of nitrogens with zero attached hydrogens (tertiary/aromatic N) is 4. The molecule has 0 unspecified atom stereocenters. The Morgan fingerprint density at radius 1 is 1.00 bits per heavy atom. The first kappa shape index (κ1) is 20.9. The molecule has 2 aromatic heterocycles. The van der Waals surface area contributed by atoms with E-state index in [0.717, 1.165) is 30.0 Å². The highest BCUT2D eigenvalue weighted by Crippen LogP contribution is 2.21. The lowest BCUT2D eigenvalue weighted by Crippen LogP contribution is -2.22. The first-order valence-corrected chi connectivity index (χ1v) is 10.00. The summed E-state index contributed by atoms with van der Waals surface area (Å²) in [6.07, 6.45) is 13.0. The summed E-state index contributed by atoms with van der Waals surface area (Å²) < 4.78 is 2.16. The minimum atomic E-state index is 0. The van der Waals surface area contributed by atoms with E-state index in [1.807, 2.05) is 43.0 Å². The predicted molar refractivity (Wildman–Crippen MR) is 117 cm³/mol. The third kappa shape index (κ3) is 5.58. The Bertz CT molecular complexity index is 935. The quantitative estimate of drug-likeness (QED) is 0.627. The van der Waals surface area contributed by atoms with Crippen LogP contribution in [0, 0.1) is 11.3 Å². The van der Waals surface area contributed by atoms with E-state index >= 15 is 0 Å². The summed E-state index contributed by atoms with van der Waals surface area (Å²) in [5.74, 6) is 0.971. The van der Waals surface area contributed by atoms with Gasteiger partial charge in [-0.2, -0.15) is 5.26 Å². The smallest absolute Gasteiger partial charge is 0.126 e. The van der Waals surface area contributed by atoms with Gasteiger partial charge in [-0.25, -0.2) is 9.97 Å². The van der Waals surface area contributed by atoms with Gasteiger partial charge in [0.25, 0.3) is 0 Å². The van der Waals surface area contributed by atoms with Crippen molar-refractivity contribution in [3.05, 3.63) is 77.5 Å². The van der Waals surface area contributed by atoms with Crippen LogP contribution in [0.5, 0.6) is 0 Å². The van der Waals surface area contributed by atoms with Gasteiger partial charge in [-0.3, -0.25) is 0 Å². The van der Waals surface area contributed by atoms with Gasteiger partial charge in [0.05, 0.1) is 24.5 Å². The Labute approximate surface area is 178 Å². The largest absolute Gasteiger partial charge is 0.367 e. The molecule has 0 spiro atoms. The fourth-order valence-corrected chi connectivity index (χ4v) is 3.80. The van der Waals surface area contributed by atoms with E-state index in [2.05, 4.69) is 38.1 Å². The zero-order valence-corrected chi connectivity index (χ0v) is 17.2. The molecule has 0 amide bonds. The summed E-state index contributed by atoms with van der Waals surface area (Å²) in [6, 6.07) is 14.7. The number of imidazole rings is 1. The van der Waals surface area contributed by atoms with Crippen molar-refractivity contribution in [2.45, 2.75) is 51.1 Å². The standard InChI is InChI=1S/C23H25N5.ClH/c24-13-19-8-6-18(7-9-19)12-22-15-25-17-28(22)16-20-10-11-23(26-14-20)27-21-4-2-1-3-5-21;/h6-11,14-15,17,21H,1-5,12,16H2,(H,26,27);1H. The predicted octanol–water partition coefficient (Wildman–Crippen LogP) is 4.96. The third-order valence-corrected chi connectivity index (χ3v) is 5.40. The zero-order valence-electron chi connectivity index (χ0n) is 16.4. The lowest BCUT2D eigenvalue weighted by molar-refractivity contribution is 0.462. The van der Waals surface area contributed by atoms with Gasteiger partial charge in [0, 0.05) is 30.6 Å². The number of benzene rings is 1. The van der Waals surface area contributed by atoms with Gasteiger partial charge in [-0.1, -0.05) is 37.5 Å². The van der Waals surface area contributed by atoms with Gasteiger partial charge >= 0.3 is 0 Å². The van der Waals surface area contributed by atoms with Gasteiger partial charge < -0.3 is 9.88 Å². The van der Waals surface area contributed by atoms with E-state index in [4.69, 9.17) is 5.26 Å². The number of pyridine rings is 1. The summed E-state index contributed by atoms with van der Waals surface area (Å²) in [5, 5.41) is 12.5. The van der Waals surface area contributed by atoms with Crippen LogP contribution in [-0.2, 0) is 13.0 Å². The van der Waals surface area contributed by atoms with E-state index in [1.165, 1.54) is 37.7 Å². The van der Waals surface area contributed by atoms with Crippen LogP contribution in [0.4, 0.5) is 5.82 Å². The van der Waals surface area contributed by atoms with Crippen LogP contribution in [0.15, 0.2) is 55.1 Å². The van der Waals surface area contributed by atoms with Crippen molar-refractivity contribution in [3.8, 4) is 6.07 Å². The minimum Gasteiger partial charge on any atom is -0.367 e. The maximum atomic E-state index is 8.93. The molecule has 4 rings (SSSR count). The van der Waals surface area contributed by atoms with Gasteiger partial charge in [0.15, 0.2) is 0 Å². The molecular formula is C23H26ClN5. The number of rotatable bonds is 6. The molecule has 3 aromatic rings. The average Bonchev–Trinajstić information content (AvgIpc) is 3.17. The van der Waals surface area contributed by atoms with Crippen LogP contribution in [0.1, 0.15) is 54.5 Å². The van der Waals surface area contributed by atoms with Crippen molar-refractivity contribution in [1.29, 1.82) is 5.26 Å². The molecule has 0 bridgehead atoms. The number of aromatic nitrogens is 3. The first-order chi connectivity index (χ1) is 13.8. The lowest BCUT2D eigenvalue weighted by atomic mass is 9.95. The monoisotopic (exact) mass is 407 g/mol. The van der Waals surface area contributed by atoms with Gasteiger partial charge in [-0.15, -0.1) is 12.4 Å². The molecule has 1 aromatic carbocycles. The molecule has 6 heteroatoms. The maximum Gasteiger partial charge on any atom is 0.126 e. The highest BCUT2D eigenvalue weighted by Gasteiger charge is 2.13. The molecule has 0 saturated heterocycles. The SMILES string of the molecule is Cl.N#Cc1ccc(Cc2cncn2Cc2ccc(NC3CCCCC3)nc2)cc1. The summed E-state index contributed by atoms with van der Waals surface area (Å²) in [7, 11) is 0. The Balaban J connectivity index is 0.00000240. The number of nitrogens with one attached hydrogen (secondary N) is 1. The summed E-state index contributed by atoms with van der Waals surface area (Å²) in [4.78, 5) is 8.93. The van der Waals surface area contributed by atoms with Crippen LogP contribution in [-0.4, -0.2) is 20.6 Å². The minimum absolute atomic E-state index is 0. The molecule has 1 N–H and O–H groups in total. The number of halogens is 1. The van der Waals surface area contributed by atoms with Crippen LogP contribution < -0.4 is 5.32 Å². The molecule has 1 fully saturated rings. The number of hydrogen-bond donors (Lipinski definition) is 1. The second kappa shape index (κ2) is 10.1. The molecule has 29 heavy (non-hydrogen) atoms. The second-order valence-corrected chi connectivity index (χ2v) is 7.53. The Kier molecular flexibility index (Phi) is 7.26. The molecular weight excluding hydrogens is 382 g/mol. The Hall–Kier alpha value is -2.84. The highest BCUT2D eigenvalue weighted by atomic mass is 35.5. The van der Waals surface area contributed by atoms with Crippen LogP contribution >= 0.6 is 12.4 Å². The van der Waals surface area contributed by atoms with Crippen LogP contribution in [0.25, 0.3) is 0 Å². The van der Waals surface area contributed by atoms with E-state index in [9.17, 15) is 0 Å². The van der Waals surface area contributed by atoms with E-state index in [0.29, 0.717) is 11.6 Å². The molecule has 0 atom stereocenters. The molecule has 0 radical (unpaired) electrons. The molecule has 1 saturated carbocycles. The van der Waals surface area contributed by atoms with Crippen molar-refractivity contribution < 1.29 is 0 Å². The van der Waals surface area contributed by atoms with Crippen molar-refractivity contribution in [2.75, 3.05) is 5.32 Å². The first-order valence-electron chi connectivity index (χ1n) is 10.00. The highest BCUT2D eigenvalue weighted by molar-refractivity contribution is 5.85. The second-order valence-electron chi connectivity index (χ2n) is 7.53. The lowest BCUT2D eigenvalue weighted by Gasteiger charge is -2.23. The fourth-order valence-electron chi connectivity index (χ4n) is 3.80. The van der Waals surface area contributed by atoms with Crippen LogP contribution in [0.2, 0.25) is 0 Å².